The van der Waals surface area contributed by atoms with Crippen molar-refractivity contribution in [2.24, 2.45) is 0 Å². The van der Waals surface area contributed by atoms with Crippen LogP contribution in [0.1, 0.15) is 39.3 Å². The van der Waals surface area contributed by atoms with Gasteiger partial charge in [0.2, 0.25) is 11.8 Å². The maximum Gasteiger partial charge on any atom is 0.240 e. The fourth-order valence-electron chi connectivity index (χ4n) is 1.49. The molecule has 2 N–H and O–H groups in total. The molecule has 5 heteroatoms. The molecule has 0 saturated heterocycles. The summed E-state index contributed by atoms with van der Waals surface area (Å²) in [6.07, 6.45) is 2.50. The van der Waals surface area contributed by atoms with E-state index in [0.717, 1.165) is 18.7 Å². The summed E-state index contributed by atoms with van der Waals surface area (Å²) in [5.41, 5.74) is -0.574. The van der Waals surface area contributed by atoms with Crippen LogP contribution in [0.25, 0.3) is 0 Å². The monoisotopic (exact) mass is 239 g/mol. The van der Waals surface area contributed by atoms with Gasteiger partial charge in [-0.3, -0.25) is 4.79 Å². The first-order valence-electron chi connectivity index (χ1n) is 5.96. The average molecular weight is 239 g/mol. The summed E-state index contributed by atoms with van der Waals surface area (Å²) in [5, 5.41) is 5.91. The molecule has 1 aromatic rings. The second-order valence-corrected chi connectivity index (χ2v) is 4.41. The van der Waals surface area contributed by atoms with Crippen molar-refractivity contribution < 1.29 is 9.21 Å². The molecule has 0 spiro atoms. The van der Waals surface area contributed by atoms with E-state index in [1.807, 2.05) is 27.7 Å². The molecule has 0 radical (unpaired) electrons. The van der Waals surface area contributed by atoms with Crippen LogP contribution in [-0.2, 0) is 17.8 Å². The first-order valence-corrected chi connectivity index (χ1v) is 5.96. The lowest BCUT2D eigenvalue weighted by atomic mass is 10.0. The Balaban J connectivity index is 2.47. The second-order valence-electron chi connectivity index (χ2n) is 4.41. The lowest BCUT2D eigenvalue weighted by Crippen LogP contribution is -2.52. The average Bonchev–Trinajstić information content (AvgIpc) is 2.73. The van der Waals surface area contributed by atoms with Gasteiger partial charge in [0.1, 0.15) is 5.76 Å². The minimum Gasteiger partial charge on any atom is -0.444 e. The van der Waals surface area contributed by atoms with Crippen LogP contribution < -0.4 is 10.6 Å². The van der Waals surface area contributed by atoms with Crippen LogP contribution in [0.5, 0.6) is 0 Å². The third-order valence-electron chi connectivity index (χ3n) is 2.54. The zero-order chi connectivity index (χ0) is 12.9. The molecular formula is C12H21N3O2. The Bertz CT molecular complexity index is 372. The van der Waals surface area contributed by atoms with Gasteiger partial charge in [-0.2, -0.15) is 0 Å². The highest BCUT2D eigenvalue weighted by molar-refractivity contribution is 5.85. The molecule has 1 heterocycles. The number of oxazole rings is 1. The van der Waals surface area contributed by atoms with E-state index >= 15 is 0 Å². The Morgan fingerprint density at radius 3 is 2.71 bits per heavy atom. The van der Waals surface area contributed by atoms with Crippen molar-refractivity contribution in [3.8, 4) is 0 Å². The Morgan fingerprint density at radius 2 is 2.18 bits per heavy atom. The molecule has 0 aliphatic heterocycles. The topological polar surface area (TPSA) is 67.2 Å². The van der Waals surface area contributed by atoms with Crippen molar-refractivity contribution in [3.05, 3.63) is 17.8 Å². The van der Waals surface area contributed by atoms with Crippen molar-refractivity contribution in [2.45, 2.75) is 46.2 Å². The number of carbonyl (C=O) groups excluding carboxylic acids is 1. The van der Waals surface area contributed by atoms with E-state index in [2.05, 4.69) is 15.6 Å². The van der Waals surface area contributed by atoms with Crippen LogP contribution >= 0.6 is 0 Å². The molecule has 1 aromatic heterocycles. The van der Waals surface area contributed by atoms with Crippen molar-refractivity contribution in [2.75, 3.05) is 6.54 Å². The maximum absolute atomic E-state index is 11.9. The van der Waals surface area contributed by atoms with E-state index in [-0.39, 0.29) is 5.91 Å². The quantitative estimate of drug-likeness (QED) is 0.784. The lowest BCUT2D eigenvalue weighted by molar-refractivity contribution is -0.126. The van der Waals surface area contributed by atoms with Gasteiger partial charge in [-0.1, -0.05) is 13.8 Å². The highest BCUT2D eigenvalue weighted by Gasteiger charge is 2.25. The summed E-state index contributed by atoms with van der Waals surface area (Å²) in [7, 11) is 0. The molecule has 17 heavy (non-hydrogen) atoms. The largest absolute Gasteiger partial charge is 0.444 e. The van der Waals surface area contributed by atoms with E-state index in [0.29, 0.717) is 12.4 Å². The highest BCUT2D eigenvalue weighted by atomic mass is 16.4. The van der Waals surface area contributed by atoms with Gasteiger partial charge in [-0.15, -0.1) is 0 Å². The number of rotatable bonds is 6. The summed E-state index contributed by atoms with van der Waals surface area (Å²) in [6.45, 7) is 8.73. The second kappa shape index (κ2) is 5.82. The molecule has 0 aromatic carbocycles. The molecule has 0 aliphatic carbocycles. The Labute approximate surface area is 102 Å². The van der Waals surface area contributed by atoms with Gasteiger partial charge in [0, 0.05) is 6.42 Å². The van der Waals surface area contributed by atoms with Crippen molar-refractivity contribution in [1.82, 2.24) is 15.6 Å². The van der Waals surface area contributed by atoms with Crippen molar-refractivity contribution in [3.63, 3.8) is 0 Å². The number of aromatic nitrogens is 1. The predicted octanol–water partition coefficient (Wildman–Crippen LogP) is 1.24. The third-order valence-corrected chi connectivity index (χ3v) is 2.54. The van der Waals surface area contributed by atoms with Gasteiger partial charge >= 0.3 is 0 Å². The van der Waals surface area contributed by atoms with Gasteiger partial charge in [0.15, 0.2) is 0 Å². The summed E-state index contributed by atoms with van der Waals surface area (Å²) in [5.74, 6) is 1.32. The number of nitrogens with one attached hydrogen (secondary N) is 2. The Hall–Kier alpha value is -1.36. The van der Waals surface area contributed by atoms with E-state index in [4.69, 9.17) is 4.42 Å². The van der Waals surface area contributed by atoms with Crippen LogP contribution in [0, 0.1) is 0 Å². The summed E-state index contributed by atoms with van der Waals surface area (Å²) >= 11 is 0. The van der Waals surface area contributed by atoms with Crippen LogP contribution in [0.15, 0.2) is 10.6 Å². The first kappa shape index (κ1) is 13.7. The van der Waals surface area contributed by atoms with Crippen LogP contribution in [0.3, 0.4) is 0 Å². The summed E-state index contributed by atoms with van der Waals surface area (Å²) in [4.78, 5) is 15.9. The Kier molecular flexibility index (Phi) is 4.69. The smallest absolute Gasteiger partial charge is 0.240 e. The Morgan fingerprint density at radius 1 is 1.47 bits per heavy atom. The minimum atomic E-state index is -0.574. The predicted molar refractivity (Wildman–Crippen MR) is 65.5 cm³/mol. The highest BCUT2D eigenvalue weighted by Crippen LogP contribution is 2.05. The fraction of sp³-hybridized carbons (Fsp3) is 0.667. The number of hydrogen-bond donors (Lipinski definition) is 2. The van der Waals surface area contributed by atoms with Crippen LogP contribution in [0.4, 0.5) is 0 Å². The summed E-state index contributed by atoms with van der Waals surface area (Å²) < 4.78 is 5.41. The minimum absolute atomic E-state index is 0.0596. The maximum atomic E-state index is 11.9. The van der Waals surface area contributed by atoms with Gasteiger partial charge in [-0.05, 0) is 20.4 Å². The molecular weight excluding hydrogens is 218 g/mol. The molecule has 0 aliphatic rings. The molecule has 0 fully saturated rings. The molecule has 1 amide bonds. The van der Waals surface area contributed by atoms with Crippen LogP contribution in [0.2, 0.25) is 0 Å². The third kappa shape index (κ3) is 3.85. The first-order chi connectivity index (χ1) is 7.99. The zero-order valence-corrected chi connectivity index (χ0v) is 11.0. The van der Waals surface area contributed by atoms with Gasteiger partial charge in [0.25, 0.3) is 0 Å². The molecule has 5 nitrogen and oxygen atoms in total. The van der Waals surface area contributed by atoms with Gasteiger partial charge in [-0.25, -0.2) is 4.98 Å². The van der Waals surface area contributed by atoms with Crippen molar-refractivity contribution in [1.29, 1.82) is 0 Å². The van der Waals surface area contributed by atoms with E-state index < -0.39 is 5.54 Å². The van der Waals surface area contributed by atoms with E-state index in [1.54, 1.807) is 6.20 Å². The number of aryl methyl sites for hydroxylation is 1. The molecule has 0 saturated carbocycles. The number of amides is 1. The van der Waals surface area contributed by atoms with Gasteiger partial charge < -0.3 is 15.1 Å². The van der Waals surface area contributed by atoms with Crippen LogP contribution in [-0.4, -0.2) is 23.0 Å². The summed E-state index contributed by atoms with van der Waals surface area (Å²) in [6, 6.07) is 0. The number of hydrogen-bond acceptors (Lipinski definition) is 4. The zero-order valence-electron chi connectivity index (χ0n) is 11.0. The van der Waals surface area contributed by atoms with Crippen molar-refractivity contribution >= 4 is 5.91 Å². The van der Waals surface area contributed by atoms with E-state index in [1.165, 1.54) is 0 Å². The fourth-order valence-corrected chi connectivity index (χ4v) is 1.49. The molecule has 1 rings (SSSR count). The lowest BCUT2D eigenvalue weighted by Gasteiger charge is -2.23. The number of carbonyl (C=O) groups is 1. The normalized spacial score (nSPS) is 11.5. The molecule has 96 valence electrons. The number of likely N-dealkylation sites (N-methyl/N-ethyl adjacent to an activating group) is 1. The standard InChI is InChI=1S/C12H21N3O2/c1-5-9-7-13-10(17-9)8-14-11(16)12(3,4)15-6-2/h7,15H,5-6,8H2,1-4H3,(H,14,16). The molecule has 0 atom stereocenters. The SMILES string of the molecule is CCNC(C)(C)C(=O)NCc1ncc(CC)o1. The number of nitrogens with zero attached hydrogens (tertiary/aromatic N) is 1. The molecule has 0 bridgehead atoms. The van der Waals surface area contributed by atoms with E-state index in [9.17, 15) is 4.79 Å². The van der Waals surface area contributed by atoms with Gasteiger partial charge in [0.05, 0.1) is 18.3 Å². The molecule has 0 unspecified atom stereocenters.